The summed E-state index contributed by atoms with van der Waals surface area (Å²) < 4.78 is 5.84. The summed E-state index contributed by atoms with van der Waals surface area (Å²) in [6.45, 7) is 8.95. The Kier molecular flexibility index (Phi) is 3.74. The fourth-order valence-corrected chi connectivity index (χ4v) is 3.62. The molecule has 0 N–H and O–H groups in total. The minimum Gasteiger partial charge on any atom is -0.363 e. The molecule has 2 saturated heterocycles. The number of carbonyl (C=O) groups excluding carboxylic acids is 1. The number of hydrogen-bond acceptors (Lipinski definition) is 3. The van der Waals surface area contributed by atoms with Gasteiger partial charge < -0.3 is 9.64 Å². The fourth-order valence-electron chi connectivity index (χ4n) is 2.45. The van der Waals surface area contributed by atoms with E-state index in [0.717, 1.165) is 38.3 Å². The molecule has 0 bridgehead atoms. The van der Waals surface area contributed by atoms with Crippen LogP contribution in [0, 0.1) is 5.41 Å². The lowest BCUT2D eigenvalue weighted by molar-refractivity contribution is -0.136. The van der Waals surface area contributed by atoms with Crippen molar-refractivity contribution in [3.05, 3.63) is 0 Å². The zero-order chi connectivity index (χ0) is 12.5. The van der Waals surface area contributed by atoms with Crippen LogP contribution in [-0.2, 0) is 9.53 Å². The highest BCUT2D eigenvalue weighted by Gasteiger charge is 2.40. The Labute approximate surface area is 108 Å². The van der Waals surface area contributed by atoms with Gasteiger partial charge in [0.05, 0.1) is 6.61 Å². The molecule has 1 amide bonds. The first kappa shape index (κ1) is 13.2. The van der Waals surface area contributed by atoms with Crippen molar-refractivity contribution in [3.63, 3.8) is 0 Å². The van der Waals surface area contributed by atoms with Crippen LogP contribution in [-0.4, -0.2) is 41.2 Å². The van der Waals surface area contributed by atoms with Gasteiger partial charge in [0.2, 0.25) is 5.91 Å². The average Bonchev–Trinajstić information content (AvgIpc) is 2.65. The van der Waals surface area contributed by atoms with Crippen molar-refractivity contribution in [1.29, 1.82) is 0 Å². The lowest BCUT2D eigenvalue weighted by Crippen LogP contribution is -2.45. The standard InChI is InChI=1S/C13H23NO2S/c1-12(2,3)10-11(15)14-6-4-13(5-7-14)16-8-9-17-13/h4-10H2,1-3H3. The summed E-state index contributed by atoms with van der Waals surface area (Å²) >= 11 is 1.93. The average molecular weight is 257 g/mol. The molecule has 0 aliphatic carbocycles. The molecule has 2 aliphatic rings. The van der Waals surface area contributed by atoms with Gasteiger partial charge in [-0.15, -0.1) is 11.8 Å². The SMILES string of the molecule is CC(C)(C)CC(=O)N1CCC2(CC1)OCCS2. The van der Waals surface area contributed by atoms with Crippen molar-refractivity contribution >= 4 is 17.7 Å². The lowest BCUT2D eigenvalue weighted by atomic mass is 9.91. The van der Waals surface area contributed by atoms with Gasteiger partial charge in [-0.3, -0.25) is 4.79 Å². The maximum absolute atomic E-state index is 12.1. The first-order valence-corrected chi connectivity index (χ1v) is 7.45. The molecule has 0 aromatic carbocycles. The van der Waals surface area contributed by atoms with Crippen LogP contribution in [0.4, 0.5) is 0 Å². The minimum absolute atomic E-state index is 0.0402. The second-order valence-corrected chi connectivity index (χ2v) is 7.67. The molecule has 2 fully saturated rings. The van der Waals surface area contributed by atoms with E-state index in [1.807, 2.05) is 16.7 Å². The third-order valence-electron chi connectivity index (χ3n) is 3.37. The normalized spacial score (nSPS) is 24.3. The van der Waals surface area contributed by atoms with E-state index in [-0.39, 0.29) is 10.3 Å². The van der Waals surface area contributed by atoms with Crippen LogP contribution in [0.25, 0.3) is 0 Å². The van der Waals surface area contributed by atoms with Crippen LogP contribution < -0.4 is 0 Å². The van der Waals surface area contributed by atoms with E-state index in [9.17, 15) is 4.79 Å². The van der Waals surface area contributed by atoms with E-state index in [2.05, 4.69) is 20.8 Å². The molecule has 0 radical (unpaired) electrons. The Hall–Kier alpha value is -0.220. The second-order valence-electron chi connectivity index (χ2n) is 6.23. The molecule has 98 valence electrons. The molecule has 0 saturated carbocycles. The third-order valence-corrected chi connectivity index (χ3v) is 4.80. The van der Waals surface area contributed by atoms with Crippen molar-refractivity contribution in [2.45, 2.75) is 45.0 Å². The van der Waals surface area contributed by atoms with E-state index in [1.165, 1.54) is 0 Å². The molecule has 1 spiro atoms. The van der Waals surface area contributed by atoms with Gasteiger partial charge in [0.15, 0.2) is 0 Å². The highest BCUT2D eigenvalue weighted by molar-refractivity contribution is 8.00. The number of thioether (sulfide) groups is 1. The van der Waals surface area contributed by atoms with Crippen molar-refractivity contribution in [2.75, 3.05) is 25.4 Å². The van der Waals surface area contributed by atoms with Crippen LogP contribution in [0.3, 0.4) is 0 Å². The predicted octanol–water partition coefficient (Wildman–Crippen LogP) is 2.50. The molecule has 0 aromatic heterocycles. The van der Waals surface area contributed by atoms with Gasteiger partial charge in [-0.2, -0.15) is 0 Å². The molecule has 0 unspecified atom stereocenters. The van der Waals surface area contributed by atoms with Crippen LogP contribution in [0.2, 0.25) is 0 Å². The van der Waals surface area contributed by atoms with E-state index < -0.39 is 0 Å². The Morgan fingerprint density at radius 1 is 1.35 bits per heavy atom. The molecular formula is C13H23NO2S. The summed E-state index contributed by atoms with van der Waals surface area (Å²) in [5.41, 5.74) is 0.0881. The number of piperidine rings is 1. The molecule has 17 heavy (non-hydrogen) atoms. The van der Waals surface area contributed by atoms with Crippen LogP contribution in [0.15, 0.2) is 0 Å². The largest absolute Gasteiger partial charge is 0.363 e. The topological polar surface area (TPSA) is 29.5 Å². The van der Waals surface area contributed by atoms with E-state index in [1.54, 1.807) is 0 Å². The van der Waals surface area contributed by atoms with Gasteiger partial charge in [0, 0.05) is 38.1 Å². The number of carbonyl (C=O) groups is 1. The number of nitrogens with zero attached hydrogens (tertiary/aromatic N) is 1. The maximum Gasteiger partial charge on any atom is 0.223 e. The maximum atomic E-state index is 12.1. The van der Waals surface area contributed by atoms with Gasteiger partial charge in [-0.1, -0.05) is 20.8 Å². The summed E-state index contributed by atoms with van der Waals surface area (Å²) in [5, 5.41) is 0. The summed E-state index contributed by atoms with van der Waals surface area (Å²) in [4.78, 5) is 14.1. The van der Waals surface area contributed by atoms with Gasteiger partial charge in [0.1, 0.15) is 4.93 Å². The third kappa shape index (κ3) is 3.38. The lowest BCUT2D eigenvalue weighted by Gasteiger charge is -2.38. The van der Waals surface area contributed by atoms with E-state index in [4.69, 9.17) is 4.74 Å². The zero-order valence-corrected chi connectivity index (χ0v) is 11.9. The van der Waals surface area contributed by atoms with Crippen molar-refractivity contribution in [2.24, 2.45) is 5.41 Å². The van der Waals surface area contributed by atoms with Gasteiger partial charge in [-0.25, -0.2) is 0 Å². The van der Waals surface area contributed by atoms with Crippen LogP contribution in [0.1, 0.15) is 40.0 Å². The fraction of sp³-hybridized carbons (Fsp3) is 0.923. The molecule has 2 rings (SSSR count). The van der Waals surface area contributed by atoms with Crippen LogP contribution >= 0.6 is 11.8 Å². The number of likely N-dealkylation sites (tertiary alicyclic amines) is 1. The van der Waals surface area contributed by atoms with Gasteiger partial charge in [0.25, 0.3) is 0 Å². The van der Waals surface area contributed by atoms with Gasteiger partial charge in [-0.05, 0) is 5.41 Å². The smallest absolute Gasteiger partial charge is 0.223 e. The Balaban J connectivity index is 1.84. The van der Waals surface area contributed by atoms with Gasteiger partial charge >= 0.3 is 0 Å². The molecule has 4 heteroatoms. The highest BCUT2D eigenvalue weighted by Crippen LogP contribution is 2.41. The number of ether oxygens (including phenoxy) is 1. The summed E-state index contributed by atoms with van der Waals surface area (Å²) in [5.74, 6) is 1.41. The van der Waals surface area contributed by atoms with Crippen LogP contribution in [0.5, 0.6) is 0 Å². The number of hydrogen-bond donors (Lipinski definition) is 0. The van der Waals surface area contributed by atoms with Crippen molar-refractivity contribution in [3.8, 4) is 0 Å². The molecule has 2 heterocycles. The number of amides is 1. The second kappa shape index (κ2) is 4.81. The first-order chi connectivity index (χ1) is 7.90. The van der Waals surface area contributed by atoms with Crippen molar-refractivity contribution < 1.29 is 9.53 Å². The molecule has 2 aliphatic heterocycles. The quantitative estimate of drug-likeness (QED) is 0.723. The summed E-state index contributed by atoms with van der Waals surface area (Å²) in [6.07, 6.45) is 2.63. The zero-order valence-electron chi connectivity index (χ0n) is 11.1. The monoisotopic (exact) mass is 257 g/mol. The molecule has 0 aromatic rings. The number of rotatable bonds is 1. The Morgan fingerprint density at radius 2 is 2.00 bits per heavy atom. The van der Waals surface area contributed by atoms with E-state index >= 15 is 0 Å². The first-order valence-electron chi connectivity index (χ1n) is 6.46. The summed E-state index contributed by atoms with van der Waals surface area (Å²) in [7, 11) is 0. The molecule has 3 nitrogen and oxygen atoms in total. The molecule has 0 atom stereocenters. The Bertz CT molecular complexity index is 282. The minimum atomic E-state index is 0.0402. The summed E-state index contributed by atoms with van der Waals surface area (Å²) in [6, 6.07) is 0. The Morgan fingerprint density at radius 3 is 2.47 bits per heavy atom. The predicted molar refractivity (Wildman–Crippen MR) is 71.0 cm³/mol. The van der Waals surface area contributed by atoms with E-state index in [0.29, 0.717) is 12.3 Å². The highest BCUT2D eigenvalue weighted by atomic mass is 32.2. The molecular weight excluding hydrogens is 234 g/mol. The van der Waals surface area contributed by atoms with Crippen molar-refractivity contribution in [1.82, 2.24) is 4.90 Å².